The first-order chi connectivity index (χ1) is 15.6. The second kappa shape index (κ2) is 7.85. The van der Waals surface area contributed by atoms with Gasteiger partial charge in [-0.15, -0.1) is 0 Å². The number of para-hydroxylation sites is 2. The average molecular weight is 419 g/mol. The van der Waals surface area contributed by atoms with Gasteiger partial charge in [0.2, 0.25) is 5.88 Å². The minimum Gasteiger partial charge on any atom is -0.438 e. The van der Waals surface area contributed by atoms with Crippen LogP contribution in [0.1, 0.15) is 17.0 Å². The molecule has 0 saturated heterocycles. The van der Waals surface area contributed by atoms with Gasteiger partial charge in [0.15, 0.2) is 0 Å². The van der Waals surface area contributed by atoms with E-state index >= 15 is 0 Å². The number of benzene rings is 2. The minimum atomic E-state index is -0.346. The first kappa shape index (κ1) is 19.3. The number of nitrogens with one attached hydrogen (secondary N) is 1. The smallest absolute Gasteiger partial charge is 0.269 e. The highest BCUT2D eigenvalue weighted by molar-refractivity contribution is 5.91. The first-order valence-corrected chi connectivity index (χ1v) is 9.95. The number of H-pyrrole nitrogens is 1. The van der Waals surface area contributed by atoms with Crippen molar-refractivity contribution in [1.82, 2.24) is 19.4 Å². The van der Waals surface area contributed by atoms with Crippen molar-refractivity contribution in [1.29, 1.82) is 5.26 Å². The number of nitriles is 1. The number of imidazole rings is 1. The van der Waals surface area contributed by atoms with E-state index in [1.165, 1.54) is 10.5 Å². The SMILES string of the molecule is Cc1ccc(Oc2nc3ccccn3c(=O)c2/C=C(\C#N)c2nc3ccccc3[nH]2)cc1. The summed E-state index contributed by atoms with van der Waals surface area (Å²) in [5.74, 6) is 1.03. The lowest BCUT2D eigenvalue weighted by atomic mass is 10.1. The molecule has 32 heavy (non-hydrogen) atoms. The second-order valence-electron chi connectivity index (χ2n) is 7.25. The number of ether oxygens (including phenoxy) is 1. The van der Waals surface area contributed by atoms with Gasteiger partial charge < -0.3 is 9.72 Å². The van der Waals surface area contributed by atoms with Crippen LogP contribution in [0, 0.1) is 18.3 Å². The fourth-order valence-corrected chi connectivity index (χ4v) is 3.38. The number of nitrogens with zero attached hydrogens (tertiary/aromatic N) is 4. The molecule has 0 amide bonds. The van der Waals surface area contributed by atoms with E-state index in [2.05, 4.69) is 21.0 Å². The van der Waals surface area contributed by atoms with Gasteiger partial charge in [0, 0.05) is 6.20 Å². The van der Waals surface area contributed by atoms with Gasteiger partial charge in [0.05, 0.1) is 16.6 Å². The quantitative estimate of drug-likeness (QED) is 0.425. The molecule has 0 spiro atoms. The molecule has 154 valence electrons. The lowest BCUT2D eigenvalue weighted by Crippen LogP contribution is -2.18. The number of hydrogen-bond donors (Lipinski definition) is 1. The fourth-order valence-electron chi connectivity index (χ4n) is 3.38. The lowest BCUT2D eigenvalue weighted by molar-refractivity contribution is 0.461. The van der Waals surface area contributed by atoms with Crippen LogP contribution in [0.3, 0.4) is 0 Å². The van der Waals surface area contributed by atoms with Gasteiger partial charge in [0.25, 0.3) is 5.56 Å². The molecule has 0 radical (unpaired) electrons. The molecule has 0 aliphatic rings. The van der Waals surface area contributed by atoms with E-state index in [4.69, 9.17) is 4.74 Å². The normalized spacial score (nSPS) is 11.6. The van der Waals surface area contributed by atoms with Gasteiger partial charge >= 0.3 is 0 Å². The highest BCUT2D eigenvalue weighted by Gasteiger charge is 2.16. The maximum absolute atomic E-state index is 13.3. The summed E-state index contributed by atoms with van der Waals surface area (Å²) in [5, 5.41) is 9.83. The number of pyridine rings is 1. The number of hydrogen-bond acceptors (Lipinski definition) is 5. The predicted octanol–water partition coefficient (Wildman–Crippen LogP) is 4.74. The van der Waals surface area contributed by atoms with Crippen molar-refractivity contribution in [2.75, 3.05) is 0 Å². The van der Waals surface area contributed by atoms with Crippen LogP contribution >= 0.6 is 0 Å². The number of allylic oxidation sites excluding steroid dienone is 1. The number of aromatic nitrogens is 4. The largest absolute Gasteiger partial charge is 0.438 e. The van der Waals surface area contributed by atoms with E-state index in [9.17, 15) is 10.1 Å². The molecule has 5 rings (SSSR count). The molecule has 2 aromatic carbocycles. The number of fused-ring (bicyclic) bond motifs is 2. The highest BCUT2D eigenvalue weighted by Crippen LogP contribution is 2.26. The van der Waals surface area contributed by atoms with Crippen molar-refractivity contribution >= 4 is 28.3 Å². The van der Waals surface area contributed by atoms with Gasteiger partial charge in [0.1, 0.15) is 28.9 Å². The van der Waals surface area contributed by atoms with E-state index < -0.39 is 0 Å². The van der Waals surface area contributed by atoms with Gasteiger partial charge in [-0.1, -0.05) is 35.9 Å². The minimum absolute atomic E-state index is 0.119. The third kappa shape index (κ3) is 3.50. The average Bonchev–Trinajstić information content (AvgIpc) is 3.24. The van der Waals surface area contributed by atoms with Crippen LogP contribution in [0.2, 0.25) is 0 Å². The predicted molar refractivity (Wildman–Crippen MR) is 122 cm³/mol. The van der Waals surface area contributed by atoms with E-state index in [0.29, 0.717) is 17.2 Å². The fraction of sp³-hybridized carbons (Fsp3) is 0.0400. The first-order valence-electron chi connectivity index (χ1n) is 9.95. The Balaban J connectivity index is 1.70. The van der Waals surface area contributed by atoms with E-state index in [1.54, 1.807) is 24.4 Å². The Labute approximate surface area is 182 Å². The second-order valence-corrected chi connectivity index (χ2v) is 7.25. The summed E-state index contributed by atoms with van der Waals surface area (Å²) in [5.41, 5.74) is 3.07. The molecule has 0 fully saturated rings. The van der Waals surface area contributed by atoms with Crippen LogP contribution in [-0.2, 0) is 0 Å². The number of rotatable bonds is 4. The third-order valence-corrected chi connectivity index (χ3v) is 5.02. The molecule has 3 heterocycles. The van der Waals surface area contributed by atoms with Crippen molar-refractivity contribution < 1.29 is 4.74 Å². The maximum atomic E-state index is 13.3. The van der Waals surface area contributed by atoms with Crippen molar-refractivity contribution in [2.45, 2.75) is 6.92 Å². The molecule has 0 atom stereocenters. The molecule has 0 bridgehead atoms. The van der Waals surface area contributed by atoms with Crippen LogP contribution in [0.15, 0.2) is 77.7 Å². The van der Waals surface area contributed by atoms with Gasteiger partial charge in [-0.05, 0) is 49.4 Å². The Hall–Kier alpha value is -4.70. The summed E-state index contributed by atoms with van der Waals surface area (Å²) in [6, 6.07) is 22.3. The summed E-state index contributed by atoms with van der Waals surface area (Å²) in [4.78, 5) is 25.4. The molecule has 0 saturated carbocycles. The van der Waals surface area contributed by atoms with Crippen LogP contribution in [0.25, 0.3) is 28.3 Å². The Morgan fingerprint density at radius 2 is 1.84 bits per heavy atom. The van der Waals surface area contributed by atoms with E-state index in [0.717, 1.165) is 16.6 Å². The van der Waals surface area contributed by atoms with E-state index in [1.807, 2.05) is 55.5 Å². The molecule has 0 unspecified atom stereocenters. The monoisotopic (exact) mass is 419 g/mol. The molecular weight excluding hydrogens is 402 g/mol. The zero-order valence-electron chi connectivity index (χ0n) is 17.1. The Bertz CT molecular complexity index is 1550. The third-order valence-electron chi connectivity index (χ3n) is 5.02. The van der Waals surface area contributed by atoms with Gasteiger partial charge in [-0.25, -0.2) is 4.98 Å². The van der Waals surface area contributed by atoms with Crippen molar-refractivity contribution in [3.05, 3.63) is 100 Å². The summed E-state index contributed by atoms with van der Waals surface area (Å²) < 4.78 is 7.40. The zero-order valence-corrected chi connectivity index (χ0v) is 17.1. The Morgan fingerprint density at radius 3 is 2.62 bits per heavy atom. The summed E-state index contributed by atoms with van der Waals surface area (Å²) >= 11 is 0. The molecule has 5 aromatic rings. The van der Waals surface area contributed by atoms with Gasteiger partial charge in [-0.2, -0.15) is 10.2 Å². The summed E-state index contributed by atoms with van der Waals surface area (Å²) in [7, 11) is 0. The number of aryl methyl sites for hydroxylation is 1. The van der Waals surface area contributed by atoms with Gasteiger partial charge in [-0.3, -0.25) is 9.20 Å². The zero-order chi connectivity index (χ0) is 22.1. The number of aromatic amines is 1. The lowest BCUT2D eigenvalue weighted by Gasteiger charge is -2.10. The van der Waals surface area contributed by atoms with Crippen LogP contribution < -0.4 is 10.3 Å². The Kier molecular flexibility index (Phi) is 4.73. The molecule has 7 nitrogen and oxygen atoms in total. The molecular formula is C25H17N5O2. The molecule has 0 aliphatic heterocycles. The Morgan fingerprint density at radius 1 is 1.06 bits per heavy atom. The van der Waals surface area contributed by atoms with Crippen molar-refractivity contribution in [2.24, 2.45) is 0 Å². The summed E-state index contributed by atoms with van der Waals surface area (Å²) in [6.07, 6.45) is 3.10. The standard InChI is InChI=1S/C25H17N5O2/c1-16-9-11-18(12-10-16)32-24-19(25(31)30-13-5-4-8-22(30)29-24)14-17(15-26)23-27-20-6-2-3-7-21(20)28-23/h2-14H,1H3,(H,27,28)/b17-14+. The maximum Gasteiger partial charge on any atom is 0.269 e. The van der Waals surface area contributed by atoms with Crippen LogP contribution in [0.5, 0.6) is 11.6 Å². The summed E-state index contributed by atoms with van der Waals surface area (Å²) in [6.45, 7) is 1.98. The highest BCUT2D eigenvalue weighted by atomic mass is 16.5. The molecule has 3 aromatic heterocycles. The molecule has 0 aliphatic carbocycles. The van der Waals surface area contributed by atoms with Crippen molar-refractivity contribution in [3.63, 3.8) is 0 Å². The van der Waals surface area contributed by atoms with Crippen LogP contribution in [-0.4, -0.2) is 19.4 Å². The van der Waals surface area contributed by atoms with Crippen LogP contribution in [0.4, 0.5) is 0 Å². The molecule has 1 N–H and O–H groups in total. The van der Waals surface area contributed by atoms with Crippen molar-refractivity contribution in [3.8, 4) is 17.7 Å². The topological polar surface area (TPSA) is 96.1 Å². The molecule has 7 heteroatoms. The van der Waals surface area contributed by atoms with E-state index in [-0.39, 0.29) is 22.6 Å².